The number of nitrogens with zero attached hydrogens (tertiary/aromatic N) is 1. The average molecular weight is 390 g/mol. The van der Waals surface area contributed by atoms with Crippen molar-refractivity contribution in [1.29, 1.82) is 0 Å². The molecule has 27 heavy (non-hydrogen) atoms. The first kappa shape index (κ1) is 20.6. The summed E-state index contributed by atoms with van der Waals surface area (Å²) in [5, 5.41) is 2.56. The Labute approximate surface area is 159 Å². The van der Waals surface area contributed by atoms with E-state index in [1.165, 1.54) is 38.2 Å². The van der Waals surface area contributed by atoms with Crippen LogP contribution in [0.2, 0.25) is 0 Å². The van der Waals surface area contributed by atoms with E-state index in [-0.39, 0.29) is 10.8 Å². The number of carbonyl (C=O) groups excluding carboxylic acids is 2. The Morgan fingerprint density at radius 2 is 1.67 bits per heavy atom. The highest BCUT2D eigenvalue weighted by atomic mass is 32.2. The first-order chi connectivity index (χ1) is 12.7. The third kappa shape index (κ3) is 5.63. The molecule has 0 aliphatic heterocycles. The highest BCUT2D eigenvalue weighted by Gasteiger charge is 2.24. The van der Waals surface area contributed by atoms with Gasteiger partial charge in [-0.3, -0.25) is 9.59 Å². The lowest BCUT2D eigenvalue weighted by atomic mass is 10.1. The van der Waals surface area contributed by atoms with Gasteiger partial charge in [0.1, 0.15) is 12.6 Å². The fourth-order valence-corrected chi connectivity index (χ4v) is 3.50. The fraction of sp³-hybridized carbons (Fsp3) is 0.263. The Kier molecular flexibility index (Phi) is 6.70. The Morgan fingerprint density at radius 1 is 1.07 bits per heavy atom. The molecule has 1 amide bonds. The van der Waals surface area contributed by atoms with Crippen LogP contribution in [0.5, 0.6) is 0 Å². The van der Waals surface area contributed by atoms with Gasteiger partial charge in [0.25, 0.3) is 0 Å². The molecule has 0 fully saturated rings. The Balaban J connectivity index is 2.01. The van der Waals surface area contributed by atoms with Gasteiger partial charge in [0.2, 0.25) is 15.9 Å². The first-order valence-electron chi connectivity index (χ1n) is 8.28. The summed E-state index contributed by atoms with van der Waals surface area (Å²) in [4.78, 5) is 23.2. The zero-order chi connectivity index (χ0) is 20.0. The van der Waals surface area contributed by atoms with Gasteiger partial charge in [0.05, 0.1) is 4.90 Å². The molecule has 0 radical (unpaired) electrons. The molecule has 7 nitrogen and oxygen atoms in total. The normalized spacial score (nSPS) is 12.4. The Hall–Kier alpha value is -2.71. The summed E-state index contributed by atoms with van der Waals surface area (Å²) in [6.07, 6.45) is -0.480. The zero-order valence-corrected chi connectivity index (χ0v) is 16.2. The number of hydrogen-bond donors (Lipinski definition) is 1. The van der Waals surface area contributed by atoms with Crippen molar-refractivity contribution in [1.82, 2.24) is 4.31 Å². The monoisotopic (exact) mass is 390 g/mol. The van der Waals surface area contributed by atoms with Gasteiger partial charge in [-0.25, -0.2) is 8.42 Å². The molecule has 0 bridgehead atoms. The highest BCUT2D eigenvalue weighted by molar-refractivity contribution is 7.89. The minimum absolute atomic E-state index is 0.0167. The van der Waals surface area contributed by atoms with Crippen LogP contribution in [0.15, 0.2) is 59.5 Å². The number of benzene rings is 2. The molecule has 2 rings (SSSR count). The number of carbonyl (C=O) groups is 2. The number of amides is 1. The minimum Gasteiger partial charge on any atom is -0.457 e. The van der Waals surface area contributed by atoms with Crippen molar-refractivity contribution in [2.45, 2.75) is 24.8 Å². The van der Waals surface area contributed by atoms with Crippen LogP contribution in [0, 0.1) is 0 Å². The molecular formula is C19H22N2O5S. The molecule has 1 N–H and O–H groups in total. The topological polar surface area (TPSA) is 92.8 Å². The van der Waals surface area contributed by atoms with Crippen molar-refractivity contribution in [3.8, 4) is 0 Å². The lowest BCUT2D eigenvalue weighted by Crippen LogP contribution is -2.33. The van der Waals surface area contributed by atoms with E-state index < -0.39 is 28.6 Å². The second-order valence-electron chi connectivity index (χ2n) is 6.01. The van der Waals surface area contributed by atoms with Crippen LogP contribution in [0.25, 0.3) is 0 Å². The largest absolute Gasteiger partial charge is 0.457 e. The third-order valence-corrected chi connectivity index (χ3v) is 5.63. The molecule has 0 spiro atoms. The van der Waals surface area contributed by atoms with Gasteiger partial charge in [-0.1, -0.05) is 30.3 Å². The van der Waals surface area contributed by atoms with Crippen molar-refractivity contribution in [2.24, 2.45) is 0 Å². The van der Waals surface area contributed by atoms with E-state index in [1.807, 2.05) is 30.3 Å². The number of rotatable bonds is 7. The summed E-state index contributed by atoms with van der Waals surface area (Å²) in [7, 11) is -2.55. The van der Waals surface area contributed by atoms with E-state index in [1.54, 1.807) is 6.92 Å². The van der Waals surface area contributed by atoms with E-state index in [2.05, 4.69) is 5.32 Å². The summed E-state index contributed by atoms with van der Waals surface area (Å²) in [5.41, 5.74) is 1.31. The predicted molar refractivity (Wildman–Crippen MR) is 102 cm³/mol. The maximum atomic E-state index is 12.6. The molecule has 1 atom stereocenters. The molecule has 2 aromatic rings. The van der Waals surface area contributed by atoms with Crippen molar-refractivity contribution >= 4 is 27.6 Å². The van der Waals surface area contributed by atoms with Crippen LogP contribution in [0.1, 0.15) is 25.5 Å². The van der Waals surface area contributed by atoms with Crippen molar-refractivity contribution < 1.29 is 22.7 Å². The van der Waals surface area contributed by atoms with E-state index in [0.717, 1.165) is 9.87 Å². The second-order valence-corrected chi connectivity index (χ2v) is 8.05. The van der Waals surface area contributed by atoms with Crippen LogP contribution >= 0.6 is 0 Å². The zero-order valence-electron chi connectivity index (χ0n) is 15.4. The lowest BCUT2D eigenvalue weighted by molar-refractivity contribution is -0.148. The Bertz CT molecular complexity index is 895. The van der Waals surface area contributed by atoms with E-state index >= 15 is 0 Å². The van der Waals surface area contributed by atoms with Gasteiger partial charge in [-0.05, 0) is 36.8 Å². The summed E-state index contributed by atoms with van der Waals surface area (Å²) in [6, 6.07) is 14.9. The van der Waals surface area contributed by atoms with Gasteiger partial charge in [-0.2, -0.15) is 4.31 Å². The molecule has 144 valence electrons. The average Bonchev–Trinajstić information content (AvgIpc) is 2.62. The van der Waals surface area contributed by atoms with E-state index in [9.17, 15) is 18.0 Å². The standard InChI is InChI=1S/C19H22N2O5S/c1-14(16-7-5-4-6-8-16)26-19(23)13-21(3)27(24,25)18-11-9-17(10-12-18)20-15(2)22/h4-12,14H,13H2,1-3H3,(H,20,22)/t14-/m1/s1. The molecule has 0 aliphatic rings. The van der Waals surface area contributed by atoms with Crippen LogP contribution in [0.3, 0.4) is 0 Å². The van der Waals surface area contributed by atoms with Gasteiger partial charge in [-0.15, -0.1) is 0 Å². The number of sulfonamides is 1. The number of likely N-dealkylation sites (N-methyl/N-ethyl adjacent to an activating group) is 1. The summed E-state index contributed by atoms with van der Waals surface area (Å²) in [5.74, 6) is -0.898. The quantitative estimate of drug-likeness (QED) is 0.734. The number of anilines is 1. The highest BCUT2D eigenvalue weighted by Crippen LogP contribution is 2.19. The molecule has 0 saturated heterocycles. The maximum Gasteiger partial charge on any atom is 0.321 e. The first-order valence-corrected chi connectivity index (χ1v) is 9.72. The molecule has 0 aromatic heterocycles. The fourth-order valence-electron chi connectivity index (χ4n) is 2.39. The van der Waals surface area contributed by atoms with Crippen LogP contribution in [-0.2, 0) is 24.3 Å². The molecule has 0 unspecified atom stereocenters. The summed E-state index contributed by atoms with van der Waals surface area (Å²) >= 11 is 0. The van der Waals surface area contributed by atoms with Gasteiger partial charge in [0, 0.05) is 19.7 Å². The van der Waals surface area contributed by atoms with Crippen LogP contribution in [0.4, 0.5) is 5.69 Å². The van der Waals surface area contributed by atoms with Crippen LogP contribution < -0.4 is 5.32 Å². The van der Waals surface area contributed by atoms with E-state index in [0.29, 0.717) is 5.69 Å². The number of hydrogen-bond acceptors (Lipinski definition) is 5. The number of ether oxygens (including phenoxy) is 1. The summed E-state index contributed by atoms with van der Waals surface area (Å²) < 4.78 is 31.4. The molecular weight excluding hydrogens is 368 g/mol. The van der Waals surface area contributed by atoms with Gasteiger partial charge < -0.3 is 10.1 Å². The molecule has 0 heterocycles. The lowest BCUT2D eigenvalue weighted by Gasteiger charge is -2.19. The molecule has 2 aromatic carbocycles. The summed E-state index contributed by atoms with van der Waals surface area (Å²) in [6.45, 7) is 2.68. The predicted octanol–water partition coefficient (Wildman–Crippen LogP) is 2.57. The number of nitrogens with one attached hydrogen (secondary N) is 1. The number of esters is 1. The Morgan fingerprint density at radius 3 is 2.22 bits per heavy atom. The minimum atomic E-state index is -3.86. The maximum absolute atomic E-state index is 12.6. The van der Waals surface area contributed by atoms with Crippen LogP contribution in [-0.4, -0.2) is 38.2 Å². The van der Waals surface area contributed by atoms with Crippen molar-refractivity contribution in [3.63, 3.8) is 0 Å². The van der Waals surface area contributed by atoms with Gasteiger partial charge >= 0.3 is 5.97 Å². The molecule has 0 saturated carbocycles. The smallest absolute Gasteiger partial charge is 0.321 e. The third-order valence-electron chi connectivity index (χ3n) is 3.81. The SMILES string of the molecule is CC(=O)Nc1ccc(S(=O)(=O)N(C)CC(=O)O[C@H](C)c2ccccc2)cc1. The molecule has 0 aliphatic carbocycles. The molecule has 8 heteroatoms. The van der Waals surface area contributed by atoms with Crippen molar-refractivity contribution in [2.75, 3.05) is 18.9 Å². The van der Waals surface area contributed by atoms with E-state index in [4.69, 9.17) is 4.74 Å². The van der Waals surface area contributed by atoms with Crippen molar-refractivity contribution in [3.05, 3.63) is 60.2 Å². The van der Waals surface area contributed by atoms with Gasteiger partial charge in [0.15, 0.2) is 0 Å². The second kappa shape index (κ2) is 8.79.